The number of hydrogen-bond donors (Lipinski definition) is 0. The molecule has 2 saturated heterocycles. The second-order valence-corrected chi connectivity index (χ2v) is 15.9. The smallest absolute Gasteiger partial charge is 0.306 e. The molecule has 2 aliphatic heterocycles. The van der Waals surface area contributed by atoms with E-state index in [1.165, 1.54) is 0 Å². The number of likely N-dealkylation sites (tertiary alicyclic amines) is 2. The van der Waals surface area contributed by atoms with Crippen LogP contribution in [0, 0.1) is 0 Å². The lowest BCUT2D eigenvalue weighted by Crippen LogP contribution is -2.54. The number of nitrogens with zero attached hydrogens (tertiary/aromatic N) is 2. The summed E-state index contributed by atoms with van der Waals surface area (Å²) in [5, 5.41) is 0. The molecule has 2 aliphatic rings. The van der Waals surface area contributed by atoms with Gasteiger partial charge < -0.3 is 9.47 Å². The molecule has 0 amide bonds. The van der Waals surface area contributed by atoms with Gasteiger partial charge in [-0.15, -0.1) is 0 Å². The second-order valence-electron chi connectivity index (χ2n) is 15.9. The van der Waals surface area contributed by atoms with E-state index in [9.17, 15) is 9.59 Å². The zero-order valence-electron chi connectivity index (χ0n) is 29.4. The predicted molar refractivity (Wildman–Crippen MR) is 175 cm³/mol. The van der Waals surface area contributed by atoms with Gasteiger partial charge in [-0.3, -0.25) is 19.4 Å². The highest BCUT2D eigenvalue weighted by atomic mass is 16.5. The summed E-state index contributed by atoms with van der Waals surface area (Å²) in [4.78, 5) is 30.5. The van der Waals surface area contributed by atoms with E-state index in [0.717, 1.165) is 103 Å². The average Bonchev–Trinajstić information content (AvgIpc) is 3.01. The fourth-order valence-corrected chi connectivity index (χ4v) is 8.07. The van der Waals surface area contributed by atoms with Crippen LogP contribution >= 0.6 is 0 Å². The van der Waals surface area contributed by atoms with Crippen LogP contribution in [0.2, 0.25) is 0 Å². The Morgan fingerprint density at radius 2 is 0.905 bits per heavy atom. The molecule has 6 nitrogen and oxygen atoms in total. The molecule has 0 bridgehead atoms. The van der Waals surface area contributed by atoms with Crippen LogP contribution in [-0.4, -0.2) is 69.2 Å². The summed E-state index contributed by atoms with van der Waals surface area (Å²) in [7, 11) is 0. The zero-order valence-corrected chi connectivity index (χ0v) is 29.4. The minimum absolute atomic E-state index is 0.0132. The van der Waals surface area contributed by atoms with Gasteiger partial charge in [0.25, 0.3) is 0 Å². The molecule has 0 saturated carbocycles. The van der Waals surface area contributed by atoms with Gasteiger partial charge in [-0.25, -0.2) is 0 Å². The maximum atomic E-state index is 12.6. The molecule has 246 valence electrons. The van der Waals surface area contributed by atoms with Gasteiger partial charge in [0.2, 0.25) is 0 Å². The number of ether oxygens (including phenoxy) is 2. The number of unbranched alkanes of at least 4 members (excludes halogenated alkanes) is 5. The first-order valence-electron chi connectivity index (χ1n) is 17.5. The first kappa shape index (κ1) is 37.0. The van der Waals surface area contributed by atoms with E-state index in [1.54, 1.807) is 0 Å². The molecule has 0 radical (unpaired) electrons. The van der Waals surface area contributed by atoms with Crippen molar-refractivity contribution in [2.75, 3.05) is 13.1 Å². The van der Waals surface area contributed by atoms with Gasteiger partial charge in [0, 0.05) is 47.8 Å². The van der Waals surface area contributed by atoms with Crippen molar-refractivity contribution >= 4 is 11.9 Å². The first-order chi connectivity index (χ1) is 19.5. The second kappa shape index (κ2) is 16.3. The highest BCUT2D eigenvalue weighted by Crippen LogP contribution is 2.39. The molecule has 6 heteroatoms. The largest absolute Gasteiger partial charge is 0.462 e. The van der Waals surface area contributed by atoms with Gasteiger partial charge in [0.05, 0.1) is 0 Å². The lowest BCUT2D eigenvalue weighted by Gasteiger charge is -2.47. The molecule has 2 heterocycles. The minimum atomic E-state index is -0.0387. The molecular weight excluding hydrogens is 524 g/mol. The average molecular weight is 593 g/mol. The lowest BCUT2D eigenvalue weighted by molar-refractivity contribution is -0.151. The summed E-state index contributed by atoms with van der Waals surface area (Å²) < 4.78 is 12.0. The quantitative estimate of drug-likeness (QED) is 0.140. The summed E-state index contributed by atoms with van der Waals surface area (Å²) in [5.41, 5.74) is 0.285. The Bertz CT molecular complexity index is 766. The van der Waals surface area contributed by atoms with Gasteiger partial charge >= 0.3 is 11.9 Å². The number of carbonyl (C=O) groups excluding carboxylic acids is 2. The van der Waals surface area contributed by atoms with Crippen LogP contribution < -0.4 is 0 Å². The summed E-state index contributed by atoms with van der Waals surface area (Å²) in [5.74, 6) is -0.0774. The molecule has 0 N–H and O–H groups in total. The molecule has 2 atom stereocenters. The van der Waals surface area contributed by atoms with Gasteiger partial charge in [-0.2, -0.15) is 0 Å². The Morgan fingerprint density at radius 1 is 0.571 bits per heavy atom. The van der Waals surface area contributed by atoms with E-state index >= 15 is 0 Å². The van der Waals surface area contributed by atoms with Crippen molar-refractivity contribution < 1.29 is 19.1 Å². The summed E-state index contributed by atoms with van der Waals surface area (Å²) in [6, 6.07) is 0. The molecule has 0 aromatic heterocycles. The fraction of sp³-hybridized carbons (Fsp3) is 0.944. The monoisotopic (exact) mass is 593 g/mol. The Hall–Kier alpha value is -1.14. The van der Waals surface area contributed by atoms with Crippen molar-refractivity contribution in [3.8, 4) is 0 Å². The Morgan fingerprint density at radius 3 is 1.24 bits per heavy atom. The summed E-state index contributed by atoms with van der Waals surface area (Å²) in [6.07, 6.45) is 15.1. The SMILES string of the molecule is CCCN1C(C)(C)CCC(OC(=O)CCCCCCCCC(=O)OC2CCC(C)(C)N(CCC)C(C)(C)C2)CC1(C)C. The predicted octanol–water partition coefficient (Wildman–Crippen LogP) is 8.84. The summed E-state index contributed by atoms with van der Waals surface area (Å²) >= 11 is 0. The third-order valence-electron chi connectivity index (χ3n) is 10.0. The Balaban J connectivity index is 1.61. The van der Waals surface area contributed by atoms with Gasteiger partial charge in [-0.1, -0.05) is 39.5 Å². The molecule has 2 rings (SSSR count). The number of rotatable bonds is 15. The molecule has 2 unspecified atom stereocenters. The summed E-state index contributed by atoms with van der Waals surface area (Å²) in [6.45, 7) is 25.2. The van der Waals surface area contributed by atoms with Gasteiger partial charge in [0.1, 0.15) is 12.2 Å². The van der Waals surface area contributed by atoms with E-state index in [1.807, 2.05) is 0 Å². The highest BCUT2D eigenvalue weighted by molar-refractivity contribution is 5.69. The molecule has 0 aromatic carbocycles. The molecule has 0 aromatic rings. The molecule has 2 fully saturated rings. The molecule has 0 aliphatic carbocycles. The molecule has 0 spiro atoms. The van der Waals surface area contributed by atoms with E-state index < -0.39 is 0 Å². The van der Waals surface area contributed by atoms with Crippen LogP contribution in [0.1, 0.15) is 172 Å². The Kier molecular flexibility index (Phi) is 14.3. The van der Waals surface area contributed by atoms with E-state index in [0.29, 0.717) is 12.8 Å². The van der Waals surface area contributed by atoms with E-state index in [4.69, 9.17) is 9.47 Å². The van der Waals surface area contributed by atoms with Crippen LogP contribution in [0.15, 0.2) is 0 Å². The van der Waals surface area contributed by atoms with Gasteiger partial charge in [-0.05, 0) is 120 Å². The van der Waals surface area contributed by atoms with Crippen LogP contribution in [0.5, 0.6) is 0 Å². The van der Waals surface area contributed by atoms with Crippen molar-refractivity contribution in [2.24, 2.45) is 0 Å². The lowest BCUT2D eigenvalue weighted by atomic mass is 9.91. The normalized spacial score (nSPS) is 25.8. The van der Waals surface area contributed by atoms with Crippen molar-refractivity contribution in [1.29, 1.82) is 0 Å². The Labute approximate surface area is 260 Å². The van der Waals surface area contributed by atoms with Crippen LogP contribution in [0.3, 0.4) is 0 Å². The van der Waals surface area contributed by atoms with Crippen molar-refractivity contribution in [1.82, 2.24) is 9.80 Å². The molecule has 42 heavy (non-hydrogen) atoms. The fourth-order valence-electron chi connectivity index (χ4n) is 8.07. The van der Waals surface area contributed by atoms with E-state index in [2.05, 4.69) is 79.0 Å². The van der Waals surface area contributed by atoms with Crippen molar-refractivity contribution in [3.63, 3.8) is 0 Å². The van der Waals surface area contributed by atoms with Gasteiger partial charge in [0.15, 0.2) is 0 Å². The number of esters is 2. The minimum Gasteiger partial charge on any atom is -0.462 e. The zero-order chi connectivity index (χ0) is 31.6. The topological polar surface area (TPSA) is 59.1 Å². The highest BCUT2D eigenvalue weighted by Gasteiger charge is 2.43. The third-order valence-corrected chi connectivity index (χ3v) is 10.0. The number of hydrogen-bond acceptors (Lipinski definition) is 6. The maximum absolute atomic E-state index is 12.6. The third kappa shape index (κ3) is 11.4. The van der Waals surface area contributed by atoms with Crippen LogP contribution in [0.25, 0.3) is 0 Å². The van der Waals surface area contributed by atoms with E-state index in [-0.39, 0.29) is 46.3 Å². The van der Waals surface area contributed by atoms with Crippen LogP contribution in [0.4, 0.5) is 0 Å². The standard InChI is InChI=1S/C36H68N2O4/c1-11-25-37-33(3,4)23-21-29(27-35(37,7)8)41-31(39)19-17-15-13-14-16-18-20-32(40)42-30-22-24-34(5,6)38(26-12-2)36(9,10)28-30/h29-30H,11-28H2,1-10H3. The van der Waals surface area contributed by atoms with Crippen molar-refractivity contribution in [2.45, 2.75) is 206 Å². The maximum Gasteiger partial charge on any atom is 0.306 e. The van der Waals surface area contributed by atoms with Crippen molar-refractivity contribution in [3.05, 3.63) is 0 Å². The van der Waals surface area contributed by atoms with Crippen LogP contribution in [-0.2, 0) is 19.1 Å². The first-order valence-corrected chi connectivity index (χ1v) is 17.5. The molecular formula is C36H68N2O4. The number of carbonyl (C=O) groups is 2.